The van der Waals surface area contributed by atoms with Crippen molar-refractivity contribution in [3.05, 3.63) is 146 Å². The van der Waals surface area contributed by atoms with Crippen LogP contribution in [-0.4, -0.2) is 74.9 Å². The lowest BCUT2D eigenvalue weighted by atomic mass is 10.2. The Hall–Kier alpha value is -4.11. The molecular weight excluding hydrogens is 750 g/mol. The maximum atomic E-state index is 12.6. The van der Waals surface area contributed by atoms with E-state index in [2.05, 4.69) is 97.2 Å². The Morgan fingerprint density at radius 2 is 0.828 bits per heavy atom. The van der Waals surface area contributed by atoms with E-state index in [1.54, 1.807) is 12.2 Å². The summed E-state index contributed by atoms with van der Waals surface area (Å²) in [6.07, 6.45) is 56.9. The molecule has 0 radical (unpaired) electrons. The van der Waals surface area contributed by atoms with Crippen LogP contribution in [0.5, 0.6) is 0 Å². The van der Waals surface area contributed by atoms with Crippen LogP contribution in [0.2, 0.25) is 0 Å². The van der Waals surface area contributed by atoms with Gasteiger partial charge in [0.1, 0.15) is 19.8 Å². The molecule has 9 nitrogen and oxygen atoms in total. The van der Waals surface area contributed by atoms with Crippen molar-refractivity contribution < 1.29 is 42.1 Å². The molecule has 0 saturated carbocycles. The molecule has 0 aromatic carbocycles. The SMILES string of the molecule is CC=CCC=CCC=CCC=CCC=CCC=CCC(=O)OC[C@H](COP(=O)(O)OCC[N+](C)(C)C)OC(=O)CC=CCC=CCC=CCC=CCC=CCC=CC. The Balaban J connectivity index is 4.72. The van der Waals surface area contributed by atoms with Crippen LogP contribution in [0.1, 0.15) is 90.9 Å². The molecule has 322 valence electrons. The lowest BCUT2D eigenvalue weighted by Gasteiger charge is -2.24. The molecule has 2 atom stereocenters. The average molecular weight is 823 g/mol. The van der Waals surface area contributed by atoms with Crippen molar-refractivity contribution in [2.45, 2.75) is 97.0 Å². The van der Waals surface area contributed by atoms with Gasteiger partial charge < -0.3 is 18.9 Å². The van der Waals surface area contributed by atoms with Crippen LogP contribution in [0.15, 0.2) is 146 Å². The second kappa shape index (κ2) is 38.4. The Morgan fingerprint density at radius 1 is 0.500 bits per heavy atom. The highest BCUT2D eigenvalue weighted by atomic mass is 31.2. The fourth-order valence-electron chi connectivity index (χ4n) is 4.39. The van der Waals surface area contributed by atoms with Crippen molar-refractivity contribution in [2.24, 2.45) is 0 Å². The molecule has 0 spiro atoms. The Morgan fingerprint density at radius 3 is 1.17 bits per heavy atom. The van der Waals surface area contributed by atoms with Crippen LogP contribution >= 0.6 is 7.82 Å². The predicted octanol–water partition coefficient (Wildman–Crippen LogP) is 11.7. The van der Waals surface area contributed by atoms with Crippen molar-refractivity contribution in [3.8, 4) is 0 Å². The van der Waals surface area contributed by atoms with Crippen LogP contribution in [0.25, 0.3) is 0 Å². The van der Waals surface area contributed by atoms with Gasteiger partial charge in [0.2, 0.25) is 0 Å². The molecule has 0 aliphatic heterocycles. The summed E-state index contributed by atoms with van der Waals surface area (Å²) in [5.74, 6) is -1.12. The minimum Gasteiger partial charge on any atom is -0.461 e. The molecule has 0 heterocycles. The highest BCUT2D eigenvalue weighted by Gasteiger charge is 2.26. The number of rotatable bonds is 34. The number of esters is 2. The van der Waals surface area contributed by atoms with Gasteiger partial charge in [-0.3, -0.25) is 18.6 Å². The quantitative estimate of drug-likeness (QED) is 0.0296. The monoisotopic (exact) mass is 823 g/mol. The lowest BCUT2D eigenvalue weighted by Crippen LogP contribution is -2.37. The Labute approximate surface area is 351 Å². The van der Waals surface area contributed by atoms with Gasteiger partial charge in [-0.25, -0.2) is 4.57 Å². The standard InChI is InChI=1S/C48H72NO8P/c1-6-8-10-12-14-16-18-20-22-24-26-28-30-32-34-36-38-40-47(50)54-44-46(45-56-58(52,53)55-43-42-49(3,4)5)57-48(51)41-39-37-35-33-31-29-27-25-23-21-19-17-15-13-11-9-7-2/h6-9,12-15,18-21,24-27,30-33,36-39,46H,10-11,16-17,22-23,28-29,34-35,40-45H2,1-5H3/p+1/t46-/m1/s1. The van der Waals surface area contributed by atoms with Gasteiger partial charge in [-0.15, -0.1) is 0 Å². The number of phosphoric acid groups is 1. The molecule has 0 fully saturated rings. The highest BCUT2D eigenvalue weighted by molar-refractivity contribution is 7.47. The normalized spacial score (nSPS) is 15.1. The molecule has 0 rings (SSSR count). The number of likely N-dealkylation sites (N-methyl/N-ethyl adjacent to an activating group) is 1. The molecule has 0 aromatic rings. The Kier molecular flexibility index (Phi) is 35.7. The summed E-state index contributed by atoms with van der Waals surface area (Å²) in [6.45, 7) is 3.69. The van der Waals surface area contributed by atoms with Gasteiger partial charge in [0, 0.05) is 0 Å². The van der Waals surface area contributed by atoms with Crippen LogP contribution in [0.3, 0.4) is 0 Å². The summed E-state index contributed by atoms with van der Waals surface area (Å²) in [5.41, 5.74) is 0. The first-order valence-electron chi connectivity index (χ1n) is 20.5. The first kappa shape index (κ1) is 53.9. The molecule has 0 amide bonds. The third kappa shape index (κ3) is 41.5. The minimum absolute atomic E-state index is 0.00866. The Bertz CT molecular complexity index is 1480. The number of quaternary nitrogens is 1. The second-order valence-corrected chi connectivity index (χ2v) is 15.5. The van der Waals surface area contributed by atoms with E-state index in [1.165, 1.54) is 0 Å². The van der Waals surface area contributed by atoms with Gasteiger partial charge in [-0.2, -0.15) is 0 Å². The molecule has 0 aliphatic rings. The average Bonchev–Trinajstić information content (AvgIpc) is 3.17. The van der Waals surface area contributed by atoms with Crippen molar-refractivity contribution in [2.75, 3.05) is 47.5 Å². The smallest absolute Gasteiger partial charge is 0.461 e. The van der Waals surface area contributed by atoms with Crippen molar-refractivity contribution in [1.82, 2.24) is 0 Å². The number of phosphoric ester groups is 1. The van der Waals surface area contributed by atoms with Crippen molar-refractivity contribution >= 4 is 19.8 Å². The molecule has 0 saturated heterocycles. The fraction of sp³-hybridized carbons (Fsp3) is 0.458. The number of carbonyl (C=O) groups excluding carboxylic acids is 2. The molecule has 10 heteroatoms. The van der Waals surface area contributed by atoms with Crippen molar-refractivity contribution in [3.63, 3.8) is 0 Å². The zero-order valence-electron chi connectivity index (χ0n) is 35.9. The third-order valence-corrected chi connectivity index (χ3v) is 8.58. The first-order chi connectivity index (χ1) is 28.0. The maximum absolute atomic E-state index is 12.6. The largest absolute Gasteiger partial charge is 0.472 e. The van der Waals surface area contributed by atoms with E-state index in [0.29, 0.717) is 23.9 Å². The van der Waals surface area contributed by atoms with Gasteiger partial charge in [0.15, 0.2) is 6.10 Å². The van der Waals surface area contributed by atoms with E-state index in [-0.39, 0.29) is 26.1 Å². The number of carbonyl (C=O) groups is 2. The highest BCUT2D eigenvalue weighted by Crippen LogP contribution is 2.43. The summed E-state index contributed by atoms with van der Waals surface area (Å²) in [6, 6.07) is 0. The first-order valence-corrected chi connectivity index (χ1v) is 22.0. The number of allylic oxidation sites excluding steroid dienone is 22. The molecule has 1 N–H and O–H groups in total. The number of ether oxygens (including phenoxy) is 2. The summed E-state index contributed by atoms with van der Waals surface area (Å²) in [7, 11) is 1.34. The van der Waals surface area contributed by atoms with Gasteiger partial charge >= 0.3 is 19.8 Å². The van der Waals surface area contributed by atoms with E-state index >= 15 is 0 Å². The van der Waals surface area contributed by atoms with Gasteiger partial charge in [-0.1, -0.05) is 146 Å². The zero-order valence-corrected chi connectivity index (χ0v) is 36.8. The van der Waals surface area contributed by atoms with Crippen LogP contribution in [0, 0.1) is 0 Å². The van der Waals surface area contributed by atoms with Gasteiger partial charge in [-0.05, 0) is 78.1 Å². The fourth-order valence-corrected chi connectivity index (χ4v) is 5.13. The zero-order chi connectivity index (χ0) is 42.8. The predicted molar refractivity (Wildman–Crippen MR) is 242 cm³/mol. The molecule has 0 bridgehead atoms. The minimum atomic E-state index is -4.43. The van der Waals surface area contributed by atoms with Crippen LogP contribution in [0.4, 0.5) is 0 Å². The van der Waals surface area contributed by atoms with E-state index in [0.717, 1.165) is 51.4 Å². The van der Waals surface area contributed by atoms with Crippen LogP contribution in [-0.2, 0) is 32.7 Å². The third-order valence-electron chi connectivity index (χ3n) is 7.60. The van der Waals surface area contributed by atoms with E-state index in [4.69, 9.17) is 18.5 Å². The van der Waals surface area contributed by atoms with Gasteiger partial charge in [0.05, 0.1) is 40.6 Å². The van der Waals surface area contributed by atoms with Gasteiger partial charge in [0.25, 0.3) is 0 Å². The number of hydrogen-bond acceptors (Lipinski definition) is 7. The topological polar surface area (TPSA) is 108 Å². The summed E-state index contributed by atoms with van der Waals surface area (Å²) < 4.78 is 34.0. The molecule has 1 unspecified atom stereocenters. The maximum Gasteiger partial charge on any atom is 0.472 e. The van der Waals surface area contributed by atoms with E-state index < -0.39 is 32.5 Å². The number of nitrogens with zero attached hydrogens (tertiary/aromatic N) is 1. The summed E-state index contributed by atoms with van der Waals surface area (Å²) in [4.78, 5) is 35.2. The molecular formula is C48H73NO8P+. The van der Waals surface area contributed by atoms with Crippen LogP contribution < -0.4 is 0 Å². The molecule has 58 heavy (non-hydrogen) atoms. The second-order valence-electron chi connectivity index (χ2n) is 14.0. The summed E-state index contributed by atoms with van der Waals surface area (Å²) >= 11 is 0. The molecule has 0 aromatic heterocycles. The number of hydrogen-bond donors (Lipinski definition) is 1. The molecule has 0 aliphatic carbocycles. The van der Waals surface area contributed by atoms with E-state index in [1.807, 2.05) is 71.4 Å². The van der Waals surface area contributed by atoms with Crippen molar-refractivity contribution in [1.29, 1.82) is 0 Å². The van der Waals surface area contributed by atoms with E-state index in [9.17, 15) is 19.0 Å². The summed E-state index contributed by atoms with van der Waals surface area (Å²) in [5, 5.41) is 0. The lowest BCUT2D eigenvalue weighted by molar-refractivity contribution is -0.870.